The average molecular weight is 548 g/mol. The van der Waals surface area contributed by atoms with Gasteiger partial charge < -0.3 is 43.8 Å². The van der Waals surface area contributed by atoms with Crippen LogP contribution >= 0.6 is 11.6 Å². The number of hydrogen-bond donors (Lipinski definition) is 3. The second kappa shape index (κ2) is 11.9. The van der Waals surface area contributed by atoms with Crippen molar-refractivity contribution < 1.29 is 48.6 Å². The van der Waals surface area contributed by atoms with Crippen molar-refractivity contribution in [2.75, 3.05) is 6.61 Å². The van der Waals surface area contributed by atoms with E-state index in [0.29, 0.717) is 18.6 Å². The van der Waals surface area contributed by atoms with Gasteiger partial charge in [-0.05, 0) is 18.1 Å². The maximum absolute atomic E-state index is 12.8. The number of aliphatic carboxylic acids is 1. The van der Waals surface area contributed by atoms with Crippen molar-refractivity contribution in [3.63, 3.8) is 0 Å². The maximum Gasteiger partial charge on any atom is 0.311 e. The van der Waals surface area contributed by atoms with E-state index in [-0.39, 0.29) is 27.2 Å². The van der Waals surface area contributed by atoms with E-state index < -0.39 is 55.7 Å². The number of benzene rings is 2. The largest absolute Gasteiger partial charge is 0.550 e. The van der Waals surface area contributed by atoms with Crippen molar-refractivity contribution >= 4 is 34.5 Å². The molecule has 0 bridgehead atoms. The van der Waals surface area contributed by atoms with E-state index in [1.807, 2.05) is 30.3 Å². The molecule has 2 heterocycles. The standard InChI is InChI=1S/C26H25ClO11/c27-17-9-15(8-16-18(28)10-14(36-25(16)17)7-6-13-4-2-1-3-5-13)37-26-24(34)23(33)22(32)19(38-26)12-35-21(31)11-20(29)30/h1-5,8-10,19,22-24,26,32-34H,6-7,11-12H2,(H,29,30)/p-1/t19-,22-,23+,24-,26-/m1/s1. The van der Waals surface area contributed by atoms with Crippen LogP contribution in [0.4, 0.5) is 0 Å². The predicted molar refractivity (Wildman–Crippen MR) is 129 cm³/mol. The molecule has 4 rings (SSSR count). The molecule has 3 aromatic rings. The molecule has 202 valence electrons. The number of hydrogen-bond acceptors (Lipinski definition) is 11. The lowest BCUT2D eigenvalue weighted by Gasteiger charge is -2.39. The minimum absolute atomic E-state index is 0.00725. The summed E-state index contributed by atoms with van der Waals surface area (Å²) < 4.78 is 21.6. The Hall–Kier alpha value is -3.48. The van der Waals surface area contributed by atoms with Crippen LogP contribution in [0.3, 0.4) is 0 Å². The summed E-state index contributed by atoms with van der Waals surface area (Å²) in [6.07, 6.45) is -7.98. The first-order valence-electron chi connectivity index (χ1n) is 11.6. The van der Waals surface area contributed by atoms with E-state index in [0.717, 1.165) is 5.56 Å². The number of carboxylic acids is 1. The first-order chi connectivity index (χ1) is 18.1. The third kappa shape index (κ3) is 6.50. The van der Waals surface area contributed by atoms with Crippen LogP contribution in [0.2, 0.25) is 5.02 Å². The van der Waals surface area contributed by atoms with E-state index in [1.165, 1.54) is 18.2 Å². The van der Waals surface area contributed by atoms with Gasteiger partial charge in [0.2, 0.25) is 6.29 Å². The summed E-state index contributed by atoms with van der Waals surface area (Å²) in [5.41, 5.74) is 0.850. The molecule has 1 aliphatic rings. The van der Waals surface area contributed by atoms with Gasteiger partial charge in [-0.3, -0.25) is 9.59 Å². The molecule has 5 atom stereocenters. The fourth-order valence-corrected chi connectivity index (χ4v) is 4.22. The molecule has 12 heteroatoms. The maximum atomic E-state index is 12.8. The molecular weight excluding hydrogens is 524 g/mol. The second-order valence-electron chi connectivity index (χ2n) is 8.71. The summed E-state index contributed by atoms with van der Waals surface area (Å²) in [5.74, 6) is -2.36. The van der Waals surface area contributed by atoms with E-state index in [2.05, 4.69) is 0 Å². The normalized spacial score (nSPS) is 23.2. The van der Waals surface area contributed by atoms with Crippen molar-refractivity contribution in [3.05, 3.63) is 75.1 Å². The lowest BCUT2D eigenvalue weighted by molar-refractivity contribution is -0.305. The van der Waals surface area contributed by atoms with Gasteiger partial charge >= 0.3 is 5.97 Å². The quantitative estimate of drug-likeness (QED) is 0.244. The van der Waals surface area contributed by atoms with Crippen LogP contribution in [0, 0.1) is 0 Å². The smallest absolute Gasteiger partial charge is 0.311 e. The number of carboxylic acid groups (broad SMARTS) is 1. The van der Waals surface area contributed by atoms with Gasteiger partial charge in [0.15, 0.2) is 11.0 Å². The molecule has 11 nitrogen and oxygen atoms in total. The number of aryl methyl sites for hydroxylation is 2. The molecule has 1 aliphatic heterocycles. The number of carbonyl (C=O) groups excluding carboxylic acids is 2. The fraction of sp³-hybridized carbons (Fsp3) is 0.346. The highest BCUT2D eigenvalue weighted by atomic mass is 35.5. The minimum atomic E-state index is -1.76. The Kier molecular flexibility index (Phi) is 8.65. The molecule has 1 aromatic heterocycles. The Balaban J connectivity index is 1.49. The molecule has 38 heavy (non-hydrogen) atoms. The van der Waals surface area contributed by atoms with Gasteiger partial charge in [0.1, 0.15) is 42.5 Å². The zero-order chi connectivity index (χ0) is 27.4. The lowest BCUT2D eigenvalue weighted by Crippen LogP contribution is -2.60. The zero-order valence-electron chi connectivity index (χ0n) is 19.8. The van der Waals surface area contributed by atoms with Crippen molar-refractivity contribution in [2.45, 2.75) is 50.0 Å². The minimum Gasteiger partial charge on any atom is -0.550 e. The summed E-state index contributed by atoms with van der Waals surface area (Å²) in [4.78, 5) is 34.8. The number of esters is 1. The molecule has 0 spiro atoms. The number of ether oxygens (including phenoxy) is 3. The highest BCUT2D eigenvalue weighted by Crippen LogP contribution is 2.31. The number of aliphatic hydroxyl groups is 3. The highest BCUT2D eigenvalue weighted by molar-refractivity contribution is 6.35. The molecule has 0 radical (unpaired) electrons. The highest BCUT2D eigenvalue weighted by Gasteiger charge is 2.45. The van der Waals surface area contributed by atoms with Crippen LogP contribution in [-0.4, -0.2) is 64.6 Å². The average Bonchev–Trinajstić information content (AvgIpc) is 2.88. The van der Waals surface area contributed by atoms with E-state index in [9.17, 15) is 34.8 Å². The van der Waals surface area contributed by atoms with Gasteiger partial charge in [0.25, 0.3) is 0 Å². The number of halogens is 1. The van der Waals surface area contributed by atoms with Crippen molar-refractivity contribution in [1.29, 1.82) is 0 Å². The summed E-state index contributed by atoms with van der Waals surface area (Å²) in [6.45, 7) is -0.634. The van der Waals surface area contributed by atoms with Crippen LogP contribution in [-0.2, 0) is 31.9 Å². The molecule has 0 aliphatic carbocycles. The molecule has 0 unspecified atom stereocenters. The number of fused-ring (bicyclic) bond motifs is 1. The summed E-state index contributed by atoms with van der Waals surface area (Å²) in [7, 11) is 0. The Morgan fingerprint density at radius 2 is 1.74 bits per heavy atom. The number of rotatable bonds is 9. The third-order valence-electron chi connectivity index (χ3n) is 5.93. The molecule has 1 fully saturated rings. The molecule has 0 saturated carbocycles. The Morgan fingerprint density at radius 1 is 1.00 bits per heavy atom. The SMILES string of the molecule is O=C([O-])CC(=O)OC[C@H]1O[C@@H](Oc2cc(Cl)c3oc(CCc4ccccc4)cc(=O)c3c2)[C@H](O)[C@@H](O)[C@@H]1O. The molecular formula is C26H24ClO11-. The van der Waals surface area contributed by atoms with E-state index in [4.69, 9.17) is 30.2 Å². The van der Waals surface area contributed by atoms with Crippen LogP contribution in [0.5, 0.6) is 5.75 Å². The van der Waals surface area contributed by atoms with Crippen molar-refractivity contribution in [1.82, 2.24) is 0 Å². The van der Waals surface area contributed by atoms with Crippen LogP contribution in [0.1, 0.15) is 17.7 Å². The Bertz CT molecular complexity index is 1360. The zero-order valence-corrected chi connectivity index (χ0v) is 20.6. The van der Waals surface area contributed by atoms with Gasteiger partial charge in [-0.1, -0.05) is 41.9 Å². The van der Waals surface area contributed by atoms with Gasteiger partial charge in [-0.15, -0.1) is 0 Å². The summed E-state index contributed by atoms with van der Waals surface area (Å²) in [5, 5.41) is 41.4. The van der Waals surface area contributed by atoms with Gasteiger partial charge in [-0.2, -0.15) is 0 Å². The van der Waals surface area contributed by atoms with Crippen LogP contribution in [0.15, 0.2) is 57.7 Å². The van der Waals surface area contributed by atoms with Crippen molar-refractivity contribution in [3.8, 4) is 5.75 Å². The molecule has 3 N–H and O–H groups in total. The van der Waals surface area contributed by atoms with E-state index in [1.54, 1.807) is 0 Å². The topological polar surface area (TPSA) is 176 Å². The lowest BCUT2D eigenvalue weighted by atomic mass is 9.99. The van der Waals surface area contributed by atoms with Crippen LogP contribution < -0.4 is 15.3 Å². The Morgan fingerprint density at radius 3 is 2.45 bits per heavy atom. The number of aliphatic hydroxyl groups excluding tert-OH is 3. The molecule has 1 saturated heterocycles. The second-order valence-corrected chi connectivity index (χ2v) is 9.12. The third-order valence-corrected chi connectivity index (χ3v) is 6.21. The first kappa shape index (κ1) is 27.6. The number of carbonyl (C=O) groups is 2. The van der Waals surface area contributed by atoms with Gasteiger partial charge in [0, 0.05) is 18.6 Å². The monoisotopic (exact) mass is 547 g/mol. The predicted octanol–water partition coefficient (Wildman–Crippen LogP) is 0.101. The van der Waals surface area contributed by atoms with E-state index >= 15 is 0 Å². The summed E-state index contributed by atoms with van der Waals surface area (Å²) in [6, 6.07) is 13.7. The summed E-state index contributed by atoms with van der Waals surface area (Å²) >= 11 is 6.37. The molecule has 2 aromatic carbocycles. The van der Waals surface area contributed by atoms with Crippen molar-refractivity contribution in [2.24, 2.45) is 0 Å². The first-order valence-corrected chi connectivity index (χ1v) is 12.0. The fourth-order valence-electron chi connectivity index (χ4n) is 3.97. The van der Waals surface area contributed by atoms with Gasteiger partial charge in [-0.25, -0.2) is 0 Å². The Labute approximate surface area is 220 Å². The van der Waals surface area contributed by atoms with Gasteiger partial charge in [0.05, 0.1) is 22.8 Å². The molecule has 0 amide bonds. The van der Waals surface area contributed by atoms with Crippen LogP contribution in [0.25, 0.3) is 11.0 Å².